The molecule has 1 aliphatic carbocycles. The van der Waals surface area contributed by atoms with Crippen molar-refractivity contribution >= 4 is 11.9 Å². The second-order valence-corrected chi connectivity index (χ2v) is 6.07. The van der Waals surface area contributed by atoms with Gasteiger partial charge in [-0.25, -0.2) is 0 Å². The van der Waals surface area contributed by atoms with Crippen LogP contribution in [0.5, 0.6) is 0 Å². The molecule has 18 heavy (non-hydrogen) atoms. The molecule has 1 fully saturated rings. The van der Waals surface area contributed by atoms with Gasteiger partial charge in [0.2, 0.25) is 5.91 Å². The Morgan fingerprint density at radius 2 is 1.94 bits per heavy atom. The summed E-state index contributed by atoms with van der Waals surface area (Å²) >= 11 is 0. The third kappa shape index (κ3) is 4.64. The predicted octanol–water partition coefficient (Wildman–Crippen LogP) is 1.22. The van der Waals surface area contributed by atoms with Gasteiger partial charge in [0, 0.05) is 24.5 Å². The molecule has 0 bridgehead atoms. The fraction of sp³-hybridized carbons (Fsp3) is 0.846. The zero-order chi connectivity index (χ0) is 13.9. The van der Waals surface area contributed by atoms with Crippen molar-refractivity contribution < 1.29 is 14.7 Å². The molecule has 5 nitrogen and oxygen atoms in total. The number of nitrogens with zero attached hydrogens (tertiary/aromatic N) is 1. The van der Waals surface area contributed by atoms with E-state index < -0.39 is 5.97 Å². The highest BCUT2D eigenvalue weighted by atomic mass is 16.4. The van der Waals surface area contributed by atoms with Crippen molar-refractivity contribution in [2.75, 3.05) is 6.54 Å². The molecule has 0 aliphatic heterocycles. The predicted molar refractivity (Wildman–Crippen MR) is 69.0 cm³/mol. The zero-order valence-corrected chi connectivity index (χ0v) is 11.5. The molecule has 0 heterocycles. The van der Waals surface area contributed by atoms with Crippen molar-refractivity contribution in [1.82, 2.24) is 4.90 Å². The monoisotopic (exact) mass is 256 g/mol. The van der Waals surface area contributed by atoms with Crippen molar-refractivity contribution in [3.05, 3.63) is 0 Å². The van der Waals surface area contributed by atoms with E-state index in [0.717, 1.165) is 12.8 Å². The normalized spacial score (nSPS) is 17.3. The maximum absolute atomic E-state index is 12.2. The maximum atomic E-state index is 12.2. The molecule has 104 valence electrons. The third-order valence-electron chi connectivity index (χ3n) is 3.30. The van der Waals surface area contributed by atoms with E-state index in [-0.39, 0.29) is 30.5 Å². The van der Waals surface area contributed by atoms with Gasteiger partial charge < -0.3 is 15.7 Å². The first-order valence-corrected chi connectivity index (χ1v) is 6.49. The molecule has 1 amide bonds. The first-order valence-electron chi connectivity index (χ1n) is 6.49. The van der Waals surface area contributed by atoms with Crippen molar-refractivity contribution in [2.45, 2.75) is 58.0 Å². The number of aliphatic carboxylic acids is 1. The first kappa shape index (κ1) is 15.0. The highest BCUT2D eigenvalue weighted by Gasteiger charge is 2.33. The van der Waals surface area contributed by atoms with Crippen molar-refractivity contribution in [3.63, 3.8) is 0 Å². The van der Waals surface area contributed by atoms with Gasteiger partial charge in [-0.05, 0) is 39.5 Å². The van der Waals surface area contributed by atoms with Gasteiger partial charge in [-0.2, -0.15) is 0 Å². The molecule has 1 aliphatic rings. The highest BCUT2D eigenvalue weighted by Crippen LogP contribution is 2.33. The Bertz CT molecular complexity index is 319. The lowest BCUT2D eigenvalue weighted by atomic mass is 10.0. The van der Waals surface area contributed by atoms with Gasteiger partial charge in [0.1, 0.15) is 0 Å². The summed E-state index contributed by atoms with van der Waals surface area (Å²) in [6.45, 7) is 5.98. The fourth-order valence-electron chi connectivity index (χ4n) is 2.04. The summed E-state index contributed by atoms with van der Waals surface area (Å²) in [5.41, 5.74) is 5.59. The summed E-state index contributed by atoms with van der Waals surface area (Å²) in [6.07, 6.45) is 2.52. The number of carbonyl (C=O) groups is 2. The Hall–Kier alpha value is -1.10. The molecule has 1 rings (SSSR count). The van der Waals surface area contributed by atoms with Crippen LogP contribution in [0.2, 0.25) is 0 Å². The Morgan fingerprint density at radius 1 is 1.39 bits per heavy atom. The number of amides is 1. The Labute approximate surface area is 108 Å². The number of hydrogen-bond donors (Lipinski definition) is 2. The fourth-order valence-corrected chi connectivity index (χ4v) is 2.04. The van der Waals surface area contributed by atoms with E-state index in [2.05, 4.69) is 0 Å². The average Bonchev–Trinajstić information content (AvgIpc) is 2.97. The second kappa shape index (κ2) is 5.69. The largest absolute Gasteiger partial charge is 0.481 e. The van der Waals surface area contributed by atoms with Gasteiger partial charge in [-0.1, -0.05) is 0 Å². The molecular weight excluding hydrogens is 232 g/mol. The van der Waals surface area contributed by atoms with Crippen LogP contribution in [0.15, 0.2) is 0 Å². The average molecular weight is 256 g/mol. The van der Waals surface area contributed by atoms with Crippen molar-refractivity contribution in [1.29, 1.82) is 0 Å². The standard InChI is InChI=1S/C13H24N2O3/c1-13(2,3)15(7-6-12(17)18)11(16)8-10(14)9-4-5-9/h9-10H,4-8,14H2,1-3H3,(H,17,18). The van der Waals surface area contributed by atoms with Gasteiger partial charge in [0.15, 0.2) is 0 Å². The molecule has 0 aromatic carbocycles. The van der Waals surface area contributed by atoms with E-state index >= 15 is 0 Å². The summed E-state index contributed by atoms with van der Waals surface area (Å²) in [7, 11) is 0. The Balaban J connectivity index is 2.57. The summed E-state index contributed by atoms with van der Waals surface area (Å²) < 4.78 is 0. The molecule has 3 N–H and O–H groups in total. The van der Waals surface area contributed by atoms with Crippen LogP contribution < -0.4 is 5.73 Å². The van der Waals surface area contributed by atoms with Gasteiger partial charge in [0.25, 0.3) is 0 Å². The van der Waals surface area contributed by atoms with Crippen LogP contribution in [-0.4, -0.2) is 40.0 Å². The maximum Gasteiger partial charge on any atom is 0.305 e. The number of rotatable bonds is 6. The molecule has 0 aromatic heterocycles. The topological polar surface area (TPSA) is 83.6 Å². The van der Waals surface area contributed by atoms with Gasteiger partial charge in [-0.3, -0.25) is 9.59 Å². The molecule has 0 saturated heterocycles. The lowest BCUT2D eigenvalue weighted by molar-refractivity contribution is -0.140. The third-order valence-corrected chi connectivity index (χ3v) is 3.30. The minimum atomic E-state index is -0.886. The van der Waals surface area contributed by atoms with Crippen LogP contribution in [0.4, 0.5) is 0 Å². The van der Waals surface area contributed by atoms with Crippen molar-refractivity contribution in [2.24, 2.45) is 11.7 Å². The molecule has 0 aromatic rings. The summed E-state index contributed by atoms with van der Waals surface area (Å²) in [4.78, 5) is 24.5. The van der Waals surface area contributed by atoms with Crippen LogP contribution in [-0.2, 0) is 9.59 Å². The number of hydrogen-bond acceptors (Lipinski definition) is 3. The minimum Gasteiger partial charge on any atom is -0.481 e. The first-order chi connectivity index (χ1) is 8.21. The summed E-state index contributed by atoms with van der Waals surface area (Å²) in [6, 6.07) is -0.0767. The quantitative estimate of drug-likeness (QED) is 0.748. The van der Waals surface area contributed by atoms with E-state index in [0.29, 0.717) is 12.3 Å². The van der Waals surface area contributed by atoms with Crippen molar-refractivity contribution in [3.8, 4) is 0 Å². The number of carboxylic acids is 1. The minimum absolute atomic E-state index is 0.0261. The lowest BCUT2D eigenvalue weighted by Crippen LogP contribution is -2.48. The zero-order valence-electron chi connectivity index (χ0n) is 11.5. The van der Waals surface area contributed by atoms with E-state index in [1.54, 1.807) is 4.90 Å². The van der Waals surface area contributed by atoms with Crippen LogP contribution in [0.25, 0.3) is 0 Å². The number of nitrogens with two attached hydrogens (primary N) is 1. The molecule has 0 radical (unpaired) electrons. The van der Waals surface area contributed by atoms with E-state index in [9.17, 15) is 9.59 Å². The van der Waals surface area contributed by atoms with E-state index in [1.165, 1.54) is 0 Å². The SMILES string of the molecule is CC(C)(C)N(CCC(=O)O)C(=O)CC(N)C1CC1. The van der Waals surface area contributed by atoms with E-state index in [1.807, 2.05) is 20.8 Å². The molecule has 5 heteroatoms. The summed E-state index contributed by atoms with van der Waals surface area (Å²) in [5, 5.41) is 8.73. The lowest BCUT2D eigenvalue weighted by Gasteiger charge is -2.36. The molecule has 0 spiro atoms. The summed E-state index contributed by atoms with van der Waals surface area (Å²) in [5.74, 6) is -0.443. The van der Waals surface area contributed by atoms with E-state index in [4.69, 9.17) is 10.8 Å². The number of carbonyl (C=O) groups excluding carboxylic acids is 1. The van der Waals surface area contributed by atoms with Crippen LogP contribution in [0.3, 0.4) is 0 Å². The van der Waals surface area contributed by atoms with Crippen LogP contribution in [0, 0.1) is 5.92 Å². The molecule has 1 saturated carbocycles. The molecular formula is C13H24N2O3. The smallest absolute Gasteiger partial charge is 0.305 e. The van der Waals surface area contributed by atoms with Gasteiger partial charge in [0.05, 0.1) is 6.42 Å². The highest BCUT2D eigenvalue weighted by molar-refractivity contribution is 5.78. The Kier molecular flexibility index (Phi) is 4.73. The second-order valence-electron chi connectivity index (χ2n) is 6.07. The van der Waals surface area contributed by atoms with Crippen LogP contribution in [0.1, 0.15) is 46.5 Å². The van der Waals surface area contributed by atoms with Gasteiger partial charge in [-0.15, -0.1) is 0 Å². The molecule has 1 unspecified atom stereocenters. The molecule has 1 atom stereocenters. The Morgan fingerprint density at radius 3 is 2.33 bits per heavy atom. The van der Waals surface area contributed by atoms with Gasteiger partial charge >= 0.3 is 5.97 Å². The van der Waals surface area contributed by atoms with Crippen LogP contribution >= 0.6 is 0 Å². The number of carboxylic acid groups (broad SMARTS) is 1.